The van der Waals surface area contributed by atoms with Crippen LogP contribution in [0.4, 0.5) is 4.39 Å². The highest BCUT2D eigenvalue weighted by atomic mass is 19.1. The second kappa shape index (κ2) is 7.74. The van der Waals surface area contributed by atoms with Gasteiger partial charge in [-0.1, -0.05) is 12.1 Å². The normalized spacial score (nSPS) is 10.4. The van der Waals surface area contributed by atoms with Gasteiger partial charge in [0.25, 0.3) is 5.91 Å². The molecule has 134 valence electrons. The second-order valence-corrected chi connectivity index (χ2v) is 5.51. The van der Waals surface area contributed by atoms with E-state index in [9.17, 15) is 9.18 Å². The van der Waals surface area contributed by atoms with Crippen molar-refractivity contribution in [3.8, 4) is 22.8 Å². The van der Waals surface area contributed by atoms with E-state index in [1.807, 2.05) is 12.1 Å². The summed E-state index contributed by atoms with van der Waals surface area (Å²) in [6, 6.07) is 14.6. The van der Waals surface area contributed by atoms with Crippen LogP contribution in [-0.2, 0) is 6.54 Å². The van der Waals surface area contributed by atoms with E-state index in [1.54, 1.807) is 44.6 Å². The fraction of sp³-hybridized carbons (Fsp3) is 0.150. The summed E-state index contributed by atoms with van der Waals surface area (Å²) in [6.45, 7) is 0.256. The molecule has 2 aromatic carbocycles. The van der Waals surface area contributed by atoms with Crippen LogP contribution in [0.5, 0.6) is 11.5 Å². The molecule has 1 aromatic heterocycles. The van der Waals surface area contributed by atoms with Crippen LogP contribution < -0.4 is 14.8 Å². The number of furan rings is 1. The Bertz CT molecular complexity index is 902. The molecule has 0 aliphatic heterocycles. The van der Waals surface area contributed by atoms with E-state index in [4.69, 9.17) is 13.9 Å². The minimum atomic E-state index is -0.358. The van der Waals surface area contributed by atoms with Gasteiger partial charge in [-0.3, -0.25) is 4.79 Å². The Labute approximate surface area is 150 Å². The van der Waals surface area contributed by atoms with E-state index in [1.165, 1.54) is 12.1 Å². The van der Waals surface area contributed by atoms with E-state index in [0.717, 1.165) is 5.56 Å². The van der Waals surface area contributed by atoms with Crippen molar-refractivity contribution in [1.29, 1.82) is 0 Å². The predicted octanol–water partition coefficient (Wildman–Crippen LogP) is 4.03. The number of ether oxygens (including phenoxy) is 2. The summed E-state index contributed by atoms with van der Waals surface area (Å²) < 4.78 is 29.2. The Morgan fingerprint density at radius 2 is 1.81 bits per heavy atom. The van der Waals surface area contributed by atoms with Crippen molar-refractivity contribution in [2.75, 3.05) is 14.2 Å². The van der Waals surface area contributed by atoms with Crippen molar-refractivity contribution in [2.24, 2.45) is 0 Å². The van der Waals surface area contributed by atoms with Crippen LogP contribution in [0, 0.1) is 5.82 Å². The summed E-state index contributed by atoms with van der Waals surface area (Å²) in [6.07, 6.45) is 0. The minimum absolute atomic E-state index is 0.172. The van der Waals surface area contributed by atoms with E-state index in [0.29, 0.717) is 22.8 Å². The Morgan fingerprint density at radius 3 is 2.50 bits per heavy atom. The highest BCUT2D eigenvalue weighted by Crippen LogP contribution is 2.30. The van der Waals surface area contributed by atoms with Gasteiger partial charge in [-0.2, -0.15) is 0 Å². The Kier molecular flexibility index (Phi) is 5.22. The van der Waals surface area contributed by atoms with Crippen LogP contribution in [0.15, 0.2) is 59.0 Å². The molecular formula is C20H18FNO4. The van der Waals surface area contributed by atoms with Gasteiger partial charge in [-0.05, 0) is 42.5 Å². The summed E-state index contributed by atoms with van der Waals surface area (Å²) in [5, 5.41) is 2.79. The molecule has 0 bridgehead atoms. The number of para-hydroxylation sites is 1. The summed E-state index contributed by atoms with van der Waals surface area (Å²) in [5.74, 6) is 1.15. The van der Waals surface area contributed by atoms with Gasteiger partial charge in [0.15, 0.2) is 17.3 Å². The van der Waals surface area contributed by atoms with Crippen molar-refractivity contribution < 1.29 is 23.1 Å². The van der Waals surface area contributed by atoms with Crippen molar-refractivity contribution >= 4 is 5.91 Å². The topological polar surface area (TPSA) is 60.7 Å². The third kappa shape index (κ3) is 3.69. The number of amides is 1. The Balaban J connectivity index is 1.71. The molecular weight excluding hydrogens is 337 g/mol. The van der Waals surface area contributed by atoms with Gasteiger partial charge in [-0.15, -0.1) is 0 Å². The van der Waals surface area contributed by atoms with Crippen molar-refractivity contribution in [1.82, 2.24) is 5.32 Å². The number of halogens is 1. The van der Waals surface area contributed by atoms with E-state index in [2.05, 4.69) is 5.32 Å². The number of carbonyl (C=O) groups is 1. The van der Waals surface area contributed by atoms with E-state index in [-0.39, 0.29) is 24.0 Å². The molecule has 0 saturated heterocycles. The fourth-order valence-electron chi connectivity index (χ4n) is 2.58. The molecule has 0 aliphatic rings. The monoisotopic (exact) mass is 355 g/mol. The van der Waals surface area contributed by atoms with Gasteiger partial charge < -0.3 is 19.2 Å². The maximum Gasteiger partial charge on any atom is 0.287 e. The van der Waals surface area contributed by atoms with Crippen LogP contribution in [-0.4, -0.2) is 20.1 Å². The number of hydrogen-bond donors (Lipinski definition) is 1. The maximum absolute atomic E-state index is 13.0. The molecule has 0 aliphatic carbocycles. The average Bonchev–Trinajstić information content (AvgIpc) is 3.16. The number of methoxy groups -OCH3 is 2. The first-order valence-corrected chi connectivity index (χ1v) is 7.96. The molecule has 0 unspecified atom stereocenters. The molecule has 0 atom stereocenters. The molecule has 0 radical (unpaired) electrons. The largest absolute Gasteiger partial charge is 0.493 e. The minimum Gasteiger partial charge on any atom is -0.493 e. The first-order chi connectivity index (χ1) is 12.6. The number of benzene rings is 2. The van der Waals surface area contributed by atoms with Crippen molar-refractivity contribution in [3.63, 3.8) is 0 Å². The molecule has 1 N–H and O–H groups in total. The lowest BCUT2D eigenvalue weighted by atomic mass is 10.2. The number of nitrogens with one attached hydrogen (secondary N) is 1. The van der Waals surface area contributed by atoms with Crippen LogP contribution in [0.2, 0.25) is 0 Å². The number of carbonyl (C=O) groups excluding carboxylic acids is 1. The lowest BCUT2D eigenvalue weighted by molar-refractivity contribution is 0.0923. The highest BCUT2D eigenvalue weighted by molar-refractivity contribution is 5.92. The smallest absolute Gasteiger partial charge is 0.287 e. The number of rotatable bonds is 6. The third-order valence-electron chi connectivity index (χ3n) is 3.88. The van der Waals surface area contributed by atoms with Crippen LogP contribution in [0.3, 0.4) is 0 Å². The quantitative estimate of drug-likeness (QED) is 0.725. The van der Waals surface area contributed by atoms with Crippen LogP contribution in [0.1, 0.15) is 16.1 Å². The maximum atomic E-state index is 13.0. The average molecular weight is 355 g/mol. The zero-order chi connectivity index (χ0) is 18.5. The molecule has 0 saturated carbocycles. The van der Waals surface area contributed by atoms with Gasteiger partial charge in [-0.25, -0.2) is 4.39 Å². The van der Waals surface area contributed by atoms with Crippen molar-refractivity contribution in [2.45, 2.75) is 6.54 Å². The lowest BCUT2D eigenvalue weighted by Crippen LogP contribution is -2.22. The predicted molar refractivity (Wildman–Crippen MR) is 94.8 cm³/mol. The standard InChI is InChI=1S/C20H18FNO4/c1-24-17-5-3-4-14(19(17)25-2)12-22-20(23)18-11-10-16(26-18)13-6-8-15(21)9-7-13/h3-11H,12H2,1-2H3,(H,22,23). The van der Waals surface area contributed by atoms with Gasteiger partial charge >= 0.3 is 0 Å². The van der Waals surface area contributed by atoms with E-state index >= 15 is 0 Å². The molecule has 1 amide bonds. The second-order valence-electron chi connectivity index (χ2n) is 5.51. The zero-order valence-corrected chi connectivity index (χ0v) is 14.4. The summed E-state index contributed by atoms with van der Waals surface area (Å²) in [5.41, 5.74) is 1.48. The van der Waals surface area contributed by atoms with Gasteiger partial charge in [0.2, 0.25) is 0 Å². The molecule has 1 heterocycles. The van der Waals surface area contributed by atoms with Gasteiger partial charge in [0.05, 0.1) is 14.2 Å². The SMILES string of the molecule is COc1cccc(CNC(=O)c2ccc(-c3ccc(F)cc3)o2)c1OC. The molecule has 6 heteroatoms. The van der Waals surface area contributed by atoms with Crippen molar-refractivity contribution in [3.05, 3.63) is 71.7 Å². The number of hydrogen-bond acceptors (Lipinski definition) is 4. The fourth-order valence-corrected chi connectivity index (χ4v) is 2.58. The molecule has 0 fully saturated rings. The third-order valence-corrected chi connectivity index (χ3v) is 3.88. The summed E-state index contributed by atoms with van der Waals surface area (Å²) in [7, 11) is 3.10. The molecule has 26 heavy (non-hydrogen) atoms. The first kappa shape index (κ1) is 17.5. The van der Waals surface area contributed by atoms with Gasteiger partial charge in [0, 0.05) is 17.7 Å². The molecule has 5 nitrogen and oxygen atoms in total. The summed E-state index contributed by atoms with van der Waals surface area (Å²) in [4.78, 5) is 12.3. The van der Waals surface area contributed by atoms with Crippen LogP contribution >= 0.6 is 0 Å². The molecule has 3 rings (SSSR count). The molecule has 0 spiro atoms. The zero-order valence-electron chi connectivity index (χ0n) is 14.4. The Hall–Kier alpha value is -3.28. The lowest BCUT2D eigenvalue weighted by Gasteiger charge is -2.12. The molecule has 3 aromatic rings. The summed E-state index contributed by atoms with van der Waals surface area (Å²) >= 11 is 0. The van der Waals surface area contributed by atoms with Crippen LogP contribution in [0.25, 0.3) is 11.3 Å². The first-order valence-electron chi connectivity index (χ1n) is 7.96. The van der Waals surface area contributed by atoms with Gasteiger partial charge in [0.1, 0.15) is 11.6 Å². The Morgan fingerprint density at radius 1 is 1.04 bits per heavy atom. The highest BCUT2D eigenvalue weighted by Gasteiger charge is 2.14. The van der Waals surface area contributed by atoms with E-state index < -0.39 is 0 Å².